The van der Waals surface area contributed by atoms with Crippen LogP contribution in [-0.2, 0) is 30.3 Å². The van der Waals surface area contributed by atoms with Gasteiger partial charge < -0.3 is 30.8 Å². The van der Waals surface area contributed by atoms with Crippen molar-refractivity contribution in [2.45, 2.75) is 31.3 Å². The maximum atomic E-state index is 12.6. The summed E-state index contributed by atoms with van der Waals surface area (Å²) in [5.74, 6) is -2.90. The number of hydrogen-bond donors (Lipinski definition) is 4. The first-order valence-electron chi connectivity index (χ1n) is 9.38. The van der Waals surface area contributed by atoms with Crippen LogP contribution in [-0.4, -0.2) is 71.5 Å². The van der Waals surface area contributed by atoms with E-state index in [2.05, 4.69) is 10.3 Å². The lowest BCUT2D eigenvalue weighted by atomic mass is 10.0. The van der Waals surface area contributed by atoms with E-state index in [1.807, 2.05) is 24.3 Å². The number of hydrogen-bond acceptors (Lipinski definition) is 6. The minimum Gasteiger partial charge on any atom is -0.480 e. The largest absolute Gasteiger partial charge is 0.480 e. The van der Waals surface area contributed by atoms with E-state index in [9.17, 15) is 19.2 Å². The Balaban J connectivity index is 2.10. The number of rotatable bonds is 10. The molecule has 0 saturated heterocycles. The molecule has 1 aromatic heterocycles. The summed E-state index contributed by atoms with van der Waals surface area (Å²) in [6, 6.07) is 5.27. The summed E-state index contributed by atoms with van der Waals surface area (Å²) in [4.78, 5) is 51.8. The maximum Gasteiger partial charge on any atom is 0.329 e. The molecule has 0 spiro atoms. The first-order valence-corrected chi connectivity index (χ1v) is 9.38. The summed E-state index contributed by atoms with van der Waals surface area (Å²) < 4.78 is 5.08. The molecule has 0 saturated carbocycles. The molecule has 0 bridgehead atoms. The van der Waals surface area contributed by atoms with Crippen molar-refractivity contribution < 1.29 is 29.0 Å². The number of H-pyrrole nitrogens is 1. The number of aliphatic carboxylic acids is 1. The van der Waals surface area contributed by atoms with Gasteiger partial charge in [-0.2, -0.15) is 0 Å². The van der Waals surface area contributed by atoms with Crippen LogP contribution in [0, 0.1) is 0 Å². The van der Waals surface area contributed by atoms with E-state index >= 15 is 0 Å². The van der Waals surface area contributed by atoms with Gasteiger partial charge in [0.15, 0.2) is 6.61 Å². The molecule has 1 heterocycles. The number of aromatic amines is 1. The molecule has 0 unspecified atom stereocenters. The molecule has 5 N–H and O–H groups in total. The molecule has 30 heavy (non-hydrogen) atoms. The average molecular weight is 418 g/mol. The third-order valence-electron chi connectivity index (χ3n) is 4.55. The summed E-state index contributed by atoms with van der Waals surface area (Å²) in [6.45, 7) is -0.448. The number of aromatic nitrogens is 1. The number of nitrogens with zero attached hydrogens (tertiary/aromatic N) is 1. The Morgan fingerprint density at radius 1 is 1.23 bits per heavy atom. The Labute approximate surface area is 173 Å². The summed E-state index contributed by atoms with van der Waals surface area (Å²) in [5, 5.41) is 12.3. The van der Waals surface area contributed by atoms with E-state index in [1.165, 1.54) is 19.0 Å². The number of carbonyl (C=O) groups excluding carboxylic acids is 3. The highest BCUT2D eigenvalue weighted by Gasteiger charge is 2.25. The molecule has 1 aromatic carbocycles. The third-order valence-corrected chi connectivity index (χ3v) is 4.55. The molecule has 10 heteroatoms. The summed E-state index contributed by atoms with van der Waals surface area (Å²) in [7, 11) is 3.07. The second-order valence-electron chi connectivity index (χ2n) is 7.06. The number of carboxylic acids is 1. The zero-order chi connectivity index (χ0) is 22.3. The first-order chi connectivity index (χ1) is 14.2. The second kappa shape index (κ2) is 10.4. The molecule has 0 radical (unpaired) electrons. The maximum absolute atomic E-state index is 12.6. The molecule has 0 aliphatic rings. The lowest BCUT2D eigenvalue weighted by Gasteiger charge is -2.18. The van der Waals surface area contributed by atoms with Crippen LogP contribution in [0.4, 0.5) is 0 Å². The van der Waals surface area contributed by atoms with Crippen molar-refractivity contribution in [1.29, 1.82) is 0 Å². The van der Waals surface area contributed by atoms with E-state index in [0.717, 1.165) is 16.5 Å². The van der Waals surface area contributed by atoms with Crippen LogP contribution >= 0.6 is 0 Å². The zero-order valence-corrected chi connectivity index (χ0v) is 16.9. The van der Waals surface area contributed by atoms with Crippen LogP contribution in [0.5, 0.6) is 0 Å². The molecule has 0 aliphatic heterocycles. The highest BCUT2D eigenvalue weighted by molar-refractivity contribution is 5.88. The molecule has 2 atom stereocenters. The van der Waals surface area contributed by atoms with E-state index in [4.69, 9.17) is 15.6 Å². The Morgan fingerprint density at radius 3 is 2.60 bits per heavy atom. The van der Waals surface area contributed by atoms with Gasteiger partial charge in [0, 0.05) is 44.0 Å². The summed E-state index contributed by atoms with van der Waals surface area (Å²) in [6.07, 6.45) is 1.63. The molecule has 162 valence electrons. The summed E-state index contributed by atoms with van der Waals surface area (Å²) >= 11 is 0. The van der Waals surface area contributed by atoms with Crippen molar-refractivity contribution in [3.8, 4) is 0 Å². The van der Waals surface area contributed by atoms with Crippen LogP contribution in [0.3, 0.4) is 0 Å². The fourth-order valence-corrected chi connectivity index (χ4v) is 2.75. The minimum absolute atomic E-state index is 0.0743. The van der Waals surface area contributed by atoms with Gasteiger partial charge in [-0.3, -0.25) is 14.4 Å². The normalized spacial score (nSPS) is 12.8. The Bertz CT molecular complexity index is 923. The average Bonchev–Trinajstić information content (AvgIpc) is 3.12. The lowest BCUT2D eigenvalue weighted by Crippen LogP contribution is -2.44. The Kier molecular flexibility index (Phi) is 7.93. The molecule has 0 aliphatic carbocycles. The first kappa shape index (κ1) is 22.9. The van der Waals surface area contributed by atoms with Gasteiger partial charge in [0.1, 0.15) is 12.1 Å². The van der Waals surface area contributed by atoms with Gasteiger partial charge in [0.05, 0.1) is 0 Å². The highest BCUT2D eigenvalue weighted by Crippen LogP contribution is 2.19. The van der Waals surface area contributed by atoms with Crippen LogP contribution < -0.4 is 11.1 Å². The van der Waals surface area contributed by atoms with Crippen molar-refractivity contribution in [3.63, 3.8) is 0 Å². The smallest absolute Gasteiger partial charge is 0.329 e. The van der Waals surface area contributed by atoms with Gasteiger partial charge in [-0.15, -0.1) is 0 Å². The zero-order valence-electron chi connectivity index (χ0n) is 16.9. The number of ether oxygens (including phenoxy) is 1. The number of fused-ring (bicyclic) bond motifs is 1. The van der Waals surface area contributed by atoms with Crippen molar-refractivity contribution in [1.82, 2.24) is 15.2 Å². The number of benzene rings is 1. The number of para-hydroxylation sites is 1. The van der Waals surface area contributed by atoms with E-state index in [0.29, 0.717) is 0 Å². The Morgan fingerprint density at radius 2 is 1.93 bits per heavy atom. The number of carboxylic acid groups (broad SMARTS) is 1. The molecule has 2 amide bonds. The van der Waals surface area contributed by atoms with E-state index in [1.54, 1.807) is 6.20 Å². The highest BCUT2D eigenvalue weighted by atomic mass is 16.5. The van der Waals surface area contributed by atoms with Crippen LogP contribution in [0.15, 0.2) is 30.5 Å². The Hall–Kier alpha value is -3.40. The van der Waals surface area contributed by atoms with Gasteiger partial charge in [-0.1, -0.05) is 18.2 Å². The standard InChI is InChI=1S/C20H26N4O6/c1-24(2)18(26)11-30-20(29)16(23-17(25)8-7-14(21)19(27)28)9-12-10-22-15-6-4-3-5-13(12)15/h3-6,10,14,16,22H,7-9,11,21H2,1-2H3,(H,23,25)(H,27,28)/t14-,16-/m1/s1. The molecule has 0 fully saturated rings. The van der Waals surface area contributed by atoms with Crippen LogP contribution in [0.2, 0.25) is 0 Å². The van der Waals surface area contributed by atoms with Crippen molar-refractivity contribution >= 4 is 34.7 Å². The molecule has 2 rings (SSSR count). The SMILES string of the molecule is CN(C)C(=O)COC(=O)[C@@H](Cc1c[nH]c2ccccc12)NC(=O)CC[C@@H](N)C(=O)O. The fourth-order valence-electron chi connectivity index (χ4n) is 2.75. The molecular formula is C20H26N4O6. The number of esters is 1. The topological polar surface area (TPSA) is 155 Å². The molecule has 10 nitrogen and oxygen atoms in total. The lowest BCUT2D eigenvalue weighted by molar-refractivity contribution is -0.153. The second-order valence-corrected chi connectivity index (χ2v) is 7.06. The van der Waals surface area contributed by atoms with Gasteiger partial charge in [0.2, 0.25) is 5.91 Å². The van der Waals surface area contributed by atoms with Crippen LogP contribution in [0.1, 0.15) is 18.4 Å². The van der Waals surface area contributed by atoms with Gasteiger partial charge in [0.25, 0.3) is 5.91 Å². The number of likely N-dealkylation sites (N-methyl/N-ethyl adjacent to an activating group) is 1. The van der Waals surface area contributed by atoms with E-state index < -0.39 is 42.4 Å². The number of nitrogens with one attached hydrogen (secondary N) is 2. The van der Waals surface area contributed by atoms with Crippen molar-refractivity contribution in [2.24, 2.45) is 5.73 Å². The third kappa shape index (κ3) is 6.31. The predicted molar refractivity (Wildman–Crippen MR) is 108 cm³/mol. The quantitative estimate of drug-likeness (QED) is 0.396. The molecular weight excluding hydrogens is 392 g/mol. The van der Waals surface area contributed by atoms with Gasteiger partial charge in [-0.05, 0) is 18.1 Å². The number of amides is 2. The van der Waals surface area contributed by atoms with Gasteiger partial charge in [-0.25, -0.2) is 4.79 Å². The van der Waals surface area contributed by atoms with E-state index in [-0.39, 0.29) is 19.3 Å². The molecule has 2 aromatic rings. The van der Waals surface area contributed by atoms with Crippen LogP contribution in [0.25, 0.3) is 10.9 Å². The summed E-state index contributed by atoms with van der Waals surface area (Å²) in [5.41, 5.74) is 7.08. The number of carbonyl (C=O) groups is 4. The number of nitrogens with two attached hydrogens (primary N) is 1. The monoisotopic (exact) mass is 418 g/mol. The predicted octanol–water partition coefficient (Wildman–Crippen LogP) is 0.0187. The van der Waals surface area contributed by atoms with Crippen molar-refractivity contribution in [3.05, 3.63) is 36.0 Å². The fraction of sp³-hybridized carbons (Fsp3) is 0.400. The minimum atomic E-state index is -1.21. The van der Waals surface area contributed by atoms with Gasteiger partial charge >= 0.3 is 11.9 Å². The van der Waals surface area contributed by atoms with Crippen molar-refractivity contribution in [2.75, 3.05) is 20.7 Å².